The third kappa shape index (κ3) is 5.50. The van der Waals surface area contributed by atoms with Crippen LogP contribution in [0.1, 0.15) is 35.8 Å². The lowest BCUT2D eigenvalue weighted by atomic mass is 10.1. The third-order valence-corrected chi connectivity index (χ3v) is 3.84. The minimum absolute atomic E-state index is 0.114. The average Bonchev–Trinajstić information content (AvgIpc) is 2.61. The minimum atomic E-state index is -0.349. The first-order valence-corrected chi connectivity index (χ1v) is 8.44. The van der Waals surface area contributed by atoms with E-state index in [4.69, 9.17) is 16.3 Å². The molecule has 0 radical (unpaired) electrons. The first kappa shape index (κ1) is 18.8. The van der Waals surface area contributed by atoms with E-state index in [9.17, 15) is 9.59 Å². The zero-order valence-electron chi connectivity index (χ0n) is 14.2. The maximum atomic E-state index is 12.3. The second-order valence-corrected chi connectivity index (χ2v) is 5.89. The largest absolute Gasteiger partial charge is 0.493 e. The predicted octanol–water partition coefficient (Wildman–Crippen LogP) is 3.35. The summed E-state index contributed by atoms with van der Waals surface area (Å²) in [5.74, 6) is -0.125. The molecule has 0 aromatic heterocycles. The van der Waals surface area contributed by atoms with Crippen molar-refractivity contribution in [3.05, 3.63) is 64.7 Å². The van der Waals surface area contributed by atoms with Crippen molar-refractivity contribution < 1.29 is 14.3 Å². The van der Waals surface area contributed by atoms with Gasteiger partial charge in [0.15, 0.2) is 0 Å². The Kier molecular flexibility index (Phi) is 6.83. The molecule has 0 aliphatic heterocycles. The van der Waals surface area contributed by atoms with Crippen LogP contribution in [0.5, 0.6) is 5.75 Å². The van der Waals surface area contributed by atoms with Crippen molar-refractivity contribution in [1.29, 1.82) is 0 Å². The lowest BCUT2D eigenvalue weighted by Gasteiger charge is -2.15. The SMILES string of the molecule is CCOc1ccccc1C(=O)NCC(=O)NC(C)c1ccc(Cl)cc1. The standard InChI is InChI=1S/C19H21ClN2O3/c1-3-25-17-7-5-4-6-16(17)19(24)21-12-18(23)22-13(2)14-8-10-15(20)11-9-14/h4-11,13H,3,12H2,1-2H3,(H,21,24)(H,22,23). The maximum absolute atomic E-state index is 12.3. The molecule has 132 valence electrons. The number of nitrogens with one attached hydrogen (secondary N) is 2. The lowest BCUT2D eigenvalue weighted by molar-refractivity contribution is -0.120. The molecule has 2 amide bonds. The molecule has 1 unspecified atom stereocenters. The van der Waals surface area contributed by atoms with Crippen LogP contribution in [0.2, 0.25) is 5.02 Å². The second-order valence-electron chi connectivity index (χ2n) is 5.45. The summed E-state index contributed by atoms with van der Waals surface area (Å²) in [5, 5.41) is 6.09. The van der Waals surface area contributed by atoms with Gasteiger partial charge < -0.3 is 15.4 Å². The van der Waals surface area contributed by atoms with Crippen LogP contribution in [-0.4, -0.2) is 25.0 Å². The number of amides is 2. The molecule has 0 saturated heterocycles. The van der Waals surface area contributed by atoms with E-state index in [0.29, 0.717) is 22.9 Å². The van der Waals surface area contributed by atoms with Crippen LogP contribution in [0.25, 0.3) is 0 Å². The smallest absolute Gasteiger partial charge is 0.255 e. The first-order chi connectivity index (χ1) is 12.0. The molecule has 0 heterocycles. The Labute approximate surface area is 152 Å². The van der Waals surface area contributed by atoms with Crippen LogP contribution in [0.3, 0.4) is 0 Å². The van der Waals surface area contributed by atoms with Crippen molar-refractivity contribution in [1.82, 2.24) is 10.6 Å². The molecule has 0 spiro atoms. The number of benzene rings is 2. The van der Waals surface area contributed by atoms with Crippen molar-refractivity contribution in [2.24, 2.45) is 0 Å². The highest BCUT2D eigenvalue weighted by Gasteiger charge is 2.14. The van der Waals surface area contributed by atoms with Gasteiger partial charge in [0.25, 0.3) is 5.91 Å². The van der Waals surface area contributed by atoms with Gasteiger partial charge in [0.2, 0.25) is 5.91 Å². The average molecular weight is 361 g/mol. The molecule has 2 N–H and O–H groups in total. The third-order valence-electron chi connectivity index (χ3n) is 3.59. The number of rotatable bonds is 7. The van der Waals surface area contributed by atoms with E-state index in [1.807, 2.05) is 26.0 Å². The molecule has 2 rings (SSSR count). The Balaban J connectivity index is 1.89. The number of hydrogen-bond acceptors (Lipinski definition) is 3. The zero-order valence-corrected chi connectivity index (χ0v) is 15.0. The molecule has 6 heteroatoms. The number of carbonyl (C=O) groups is 2. The van der Waals surface area contributed by atoms with Gasteiger partial charge in [-0.3, -0.25) is 9.59 Å². The lowest BCUT2D eigenvalue weighted by Crippen LogP contribution is -2.38. The highest BCUT2D eigenvalue weighted by Crippen LogP contribution is 2.18. The molecule has 2 aromatic carbocycles. The van der Waals surface area contributed by atoms with Gasteiger partial charge in [-0.25, -0.2) is 0 Å². The maximum Gasteiger partial charge on any atom is 0.255 e. The quantitative estimate of drug-likeness (QED) is 0.795. The summed E-state index contributed by atoms with van der Waals surface area (Å²) in [6, 6.07) is 14.0. The number of carbonyl (C=O) groups excluding carboxylic acids is 2. The molecule has 1 atom stereocenters. The molecule has 2 aromatic rings. The van der Waals surface area contributed by atoms with Gasteiger partial charge in [0.05, 0.1) is 24.8 Å². The van der Waals surface area contributed by atoms with E-state index in [1.165, 1.54) is 0 Å². The summed E-state index contributed by atoms with van der Waals surface area (Å²) < 4.78 is 5.42. The summed E-state index contributed by atoms with van der Waals surface area (Å²) in [5.41, 5.74) is 1.34. The zero-order chi connectivity index (χ0) is 18.2. The van der Waals surface area contributed by atoms with Crippen molar-refractivity contribution in [2.45, 2.75) is 19.9 Å². The van der Waals surface area contributed by atoms with E-state index in [1.54, 1.807) is 36.4 Å². The Morgan fingerprint density at radius 3 is 2.48 bits per heavy atom. The van der Waals surface area contributed by atoms with Crippen molar-refractivity contribution in [2.75, 3.05) is 13.2 Å². The molecular formula is C19H21ClN2O3. The van der Waals surface area contributed by atoms with Crippen molar-refractivity contribution in [3.63, 3.8) is 0 Å². The van der Waals surface area contributed by atoms with E-state index >= 15 is 0 Å². The van der Waals surface area contributed by atoms with Crippen molar-refractivity contribution in [3.8, 4) is 5.75 Å². The molecule has 25 heavy (non-hydrogen) atoms. The van der Waals surface area contributed by atoms with Crippen LogP contribution in [0.15, 0.2) is 48.5 Å². The molecule has 0 aliphatic rings. The summed E-state index contributed by atoms with van der Waals surface area (Å²) in [4.78, 5) is 24.3. The topological polar surface area (TPSA) is 67.4 Å². The van der Waals surface area contributed by atoms with E-state index in [2.05, 4.69) is 10.6 Å². The Bertz CT molecular complexity index is 732. The molecule has 0 saturated carbocycles. The normalized spacial score (nSPS) is 11.5. The predicted molar refractivity (Wildman–Crippen MR) is 98.0 cm³/mol. The highest BCUT2D eigenvalue weighted by molar-refractivity contribution is 6.30. The summed E-state index contributed by atoms with van der Waals surface area (Å²) in [6.45, 7) is 4.06. The van der Waals surface area contributed by atoms with Crippen molar-refractivity contribution >= 4 is 23.4 Å². The first-order valence-electron chi connectivity index (χ1n) is 8.06. The number of para-hydroxylation sites is 1. The minimum Gasteiger partial charge on any atom is -0.493 e. The summed E-state index contributed by atoms with van der Waals surface area (Å²) >= 11 is 5.85. The summed E-state index contributed by atoms with van der Waals surface area (Å²) in [6.07, 6.45) is 0. The Morgan fingerprint density at radius 1 is 1.12 bits per heavy atom. The van der Waals surface area contributed by atoms with Gasteiger partial charge in [-0.15, -0.1) is 0 Å². The molecular weight excluding hydrogens is 340 g/mol. The van der Waals surface area contributed by atoms with Gasteiger partial charge in [-0.05, 0) is 43.7 Å². The monoisotopic (exact) mass is 360 g/mol. The van der Waals surface area contributed by atoms with E-state index in [0.717, 1.165) is 5.56 Å². The highest BCUT2D eigenvalue weighted by atomic mass is 35.5. The fourth-order valence-corrected chi connectivity index (χ4v) is 2.44. The van der Waals surface area contributed by atoms with Crippen LogP contribution in [0, 0.1) is 0 Å². The van der Waals surface area contributed by atoms with E-state index in [-0.39, 0.29) is 24.4 Å². The molecule has 0 fully saturated rings. The van der Waals surface area contributed by atoms with Gasteiger partial charge in [0, 0.05) is 5.02 Å². The molecule has 5 nitrogen and oxygen atoms in total. The second kappa shape index (κ2) is 9.08. The fraction of sp³-hybridized carbons (Fsp3) is 0.263. The van der Waals surface area contributed by atoms with Gasteiger partial charge in [-0.2, -0.15) is 0 Å². The van der Waals surface area contributed by atoms with Gasteiger partial charge in [0.1, 0.15) is 5.75 Å². The number of hydrogen-bond donors (Lipinski definition) is 2. The fourth-order valence-electron chi connectivity index (χ4n) is 2.32. The van der Waals surface area contributed by atoms with Crippen LogP contribution in [-0.2, 0) is 4.79 Å². The number of ether oxygens (including phenoxy) is 1. The number of halogens is 1. The molecule has 0 bridgehead atoms. The van der Waals surface area contributed by atoms with Crippen LogP contribution >= 0.6 is 11.6 Å². The summed E-state index contributed by atoms with van der Waals surface area (Å²) in [7, 11) is 0. The van der Waals surface area contributed by atoms with E-state index < -0.39 is 0 Å². The molecule has 0 aliphatic carbocycles. The van der Waals surface area contributed by atoms with Gasteiger partial charge >= 0.3 is 0 Å². The van der Waals surface area contributed by atoms with Gasteiger partial charge in [-0.1, -0.05) is 35.9 Å². The Morgan fingerprint density at radius 2 is 1.80 bits per heavy atom. The van der Waals surface area contributed by atoms with Crippen LogP contribution < -0.4 is 15.4 Å². The van der Waals surface area contributed by atoms with Crippen LogP contribution in [0.4, 0.5) is 0 Å². The Hall–Kier alpha value is -2.53.